The van der Waals surface area contributed by atoms with Crippen molar-refractivity contribution in [2.75, 3.05) is 31.5 Å². The molecule has 0 aliphatic heterocycles. The molecule has 0 aromatic heterocycles. The van der Waals surface area contributed by atoms with Gasteiger partial charge in [0.2, 0.25) is 0 Å². The molecule has 0 heterocycles. The summed E-state index contributed by atoms with van der Waals surface area (Å²) in [6.45, 7) is -0.242. The predicted octanol–water partition coefficient (Wildman–Crippen LogP) is 3.46. The quantitative estimate of drug-likeness (QED) is 0.230. The monoisotopic (exact) mass is 510 g/mol. The van der Waals surface area contributed by atoms with E-state index in [1.54, 1.807) is 67.8 Å². The summed E-state index contributed by atoms with van der Waals surface area (Å²) in [5, 5.41) is 9.33. The molecule has 0 spiro atoms. The first-order valence-electron chi connectivity index (χ1n) is 10.5. The second-order valence-corrected chi connectivity index (χ2v) is 7.58. The highest BCUT2D eigenvalue weighted by Crippen LogP contribution is 2.27. The molecule has 0 aliphatic carbocycles. The highest BCUT2D eigenvalue weighted by atomic mass is 35.5. The first-order chi connectivity index (χ1) is 17.4. The first kappa shape index (κ1) is 26.0. The Kier molecular flexibility index (Phi) is 9.24. The number of hydrogen-bond donors (Lipinski definition) is 3. The summed E-state index contributed by atoms with van der Waals surface area (Å²) < 4.78 is 16.0. The maximum absolute atomic E-state index is 12.2. The Labute approximate surface area is 212 Å². The summed E-state index contributed by atoms with van der Waals surface area (Å²) in [5.74, 6) is -0.847. The Balaban J connectivity index is 1.51. The van der Waals surface area contributed by atoms with Crippen LogP contribution in [0.2, 0.25) is 5.02 Å². The number of hydrazone groups is 1. The topological polar surface area (TPSA) is 127 Å². The maximum Gasteiger partial charge on any atom is 0.329 e. The minimum absolute atomic E-state index is 0.242. The number of carbonyl (C=O) groups excluding carboxylic acids is 3. The summed E-state index contributed by atoms with van der Waals surface area (Å²) in [5.41, 5.74) is 3.68. The summed E-state index contributed by atoms with van der Waals surface area (Å²) in [7, 11) is 3.01. The van der Waals surface area contributed by atoms with E-state index in [0.29, 0.717) is 39.2 Å². The lowest BCUT2D eigenvalue weighted by Gasteiger charge is -2.11. The average molecular weight is 511 g/mol. The van der Waals surface area contributed by atoms with Gasteiger partial charge in [-0.1, -0.05) is 17.7 Å². The Bertz CT molecular complexity index is 1260. The summed E-state index contributed by atoms with van der Waals surface area (Å²) >= 11 is 5.85. The number of amides is 3. The molecular weight excluding hydrogens is 488 g/mol. The number of hydrogen-bond acceptors (Lipinski definition) is 7. The lowest BCUT2D eigenvalue weighted by atomic mass is 10.2. The zero-order valence-corrected chi connectivity index (χ0v) is 20.2. The van der Waals surface area contributed by atoms with Crippen LogP contribution in [0.1, 0.15) is 5.56 Å². The third-order valence-corrected chi connectivity index (χ3v) is 4.82. The fourth-order valence-corrected chi connectivity index (χ4v) is 3.06. The third kappa shape index (κ3) is 7.74. The van der Waals surface area contributed by atoms with Gasteiger partial charge in [-0.3, -0.25) is 14.4 Å². The van der Waals surface area contributed by atoms with Gasteiger partial charge in [0.05, 0.1) is 20.4 Å². The van der Waals surface area contributed by atoms with Gasteiger partial charge in [-0.05, 0) is 66.2 Å². The van der Waals surface area contributed by atoms with Crippen molar-refractivity contribution in [1.82, 2.24) is 5.43 Å². The summed E-state index contributed by atoms with van der Waals surface area (Å²) in [4.78, 5) is 36.1. The normalized spacial score (nSPS) is 10.4. The van der Waals surface area contributed by atoms with E-state index in [9.17, 15) is 14.4 Å². The highest BCUT2D eigenvalue weighted by Gasteiger charge is 2.13. The van der Waals surface area contributed by atoms with Crippen molar-refractivity contribution >= 4 is 46.9 Å². The van der Waals surface area contributed by atoms with Crippen LogP contribution in [-0.2, 0) is 14.4 Å². The fourth-order valence-electron chi connectivity index (χ4n) is 2.87. The zero-order valence-electron chi connectivity index (χ0n) is 19.4. The van der Waals surface area contributed by atoms with Crippen LogP contribution in [0.15, 0.2) is 71.8 Å². The van der Waals surface area contributed by atoms with Gasteiger partial charge >= 0.3 is 11.8 Å². The number of ether oxygens (including phenoxy) is 3. The molecule has 0 fully saturated rings. The number of nitrogens with one attached hydrogen (secondary N) is 3. The van der Waals surface area contributed by atoms with Crippen molar-refractivity contribution in [3.63, 3.8) is 0 Å². The van der Waals surface area contributed by atoms with Crippen molar-refractivity contribution in [1.29, 1.82) is 0 Å². The minimum Gasteiger partial charge on any atom is -0.497 e. The van der Waals surface area contributed by atoms with Gasteiger partial charge in [-0.25, -0.2) is 5.43 Å². The minimum atomic E-state index is -0.957. The molecule has 0 aliphatic rings. The fraction of sp³-hybridized carbons (Fsp3) is 0.120. The van der Waals surface area contributed by atoms with E-state index < -0.39 is 11.8 Å². The summed E-state index contributed by atoms with van der Waals surface area (Å²) in [6, 6.07) is 18.1. The smallest absolute Gasteiger partial charge is 0.329 e. The molecule has 0 bridgehead atoms. The Morgan fingerprint density at radius 1 is 0.861 bits per heavy atom. The number of nitrogens with zero attached hydrogens (tertiary/aromatic N) is 1. The molecule has 10 nitrogen and oxygen atoms in total. The Morgan fingerprint density at radius 3 is 2.33 bits per heavy atom. The van der Waals surface area contributed by atoms with Crippen molar-refractivity contribution in [2.45, 2.75) is 0 Å². The number of anilines is 2. The Hall–Kier alpha value is -4.57. The van der Waals surface area contributed by atoms with Crippen LogP contribution in [0.25, 0.3) is 0 Å². The predicted molar refractivity (Wildman–Crippen MR) is 136 cm³/mol. The van der Waals surface area contributed by atoms with Gasteiger partial charge in [-0.2, -0.15) is 5.10 Å². The van der Waals surface area contributed by atoms with Crippen LogP contribution in [-0.4, -0.2) is 44.8 Å². The molecule has 0 saturated carbocycles. The number of rotatable bonds is 9. The average Bonchev–Trinajstić information content (AvgIpc) is 2.88. The van der Waals surface area contributed by atoms with E-state index in [1.165, 1.54) is 19.4 Å². The van der Waals surface area contributed by atoms with E-state index in [0.717, 1.165) is 0 Å². The number of methoxy groups -OCH3 is 2. The van der Waals surface area contributed by atoms with Gasteiger partial charge in [-0.15, -0.1) is 0 Å². The van der Waals surface area contributed by atoms with Gasteiger partial charge in [0.1, 0.15) is 5.75 Å². The van der Waals surface area contributed by atoms with Crippen molar-refractivity contribution < 1.29 is 28.6 Å². The molecule has 3 amide bonds. The molecule has 3 aromatic rings. The van der Waals surface area contributed by atoms with Crippen LogP contribution >= 0.6 is 11.6 Å². The molecule has 3 rings (SSSR count). The van der Waals surface area contributed by atoms with Gasteiger partial charge in [0, 0.05) is 16.4 Å². The largest absolute Gasteiger partial charge is 0.497 e. The van der Waals surface area contributed by atoms with Crippen LogP contribution in [0.5, 0.6) is 17.2 Å². The Morgan fingerprint density at radius 2 is 1.64 bits per heavy atom. The second kappa shape index (κ2) is 12.8. The van der Waals surface area contributed by atoms with Crippen molar-refractivity contribution in [3.05, 3.63) is 77.3 Å². The molecule has 186 valence electrons. The first-order valence-corrected chi connectivity index (χ1v) is 10.9. The number of halogens is 1. The molecule has 0 saturated heterocycles. The van der Waals surface area contributed by atoms with Gasteiger partial charge in [0.15, 0.2) is 18.1 Å². The molecule has 0 unspecified atom stereocenters. The molecule has 36 heavy (non-hydrogen) atoms. The number of carbonyl (C=O) groups is 3. The number of benzene rings is 3. The van der Waals surface area contributed by atoms with Crippen LogP contribution in [0.3, 0.4) is 0 Å². The SMILES string of the molecule is COc1ccc(NC(=O)COc2ccc(/C=N\NC(=O)C(=O)Nc3cccc(Cl)c3)cc2OC)cc1. The van der Waals surface area contributed by atoms with Crippen molar-refractivity contribution in [2.24, 2.45) is 5.10 Å². The molecule has 11 heteroatoms. The maximum atomic E-state index is 12.2. The van der Waals surface area contributed by atoms with Gasteiger partial charge in [0.25, 0.3) is 5.91 Å². The lowest BCUT2D eigenvalue weighted by molar-refractivity contribution is -0.136. The second-order valence-electron chi connectivity index (χ2n) is 7.14. The summed E-state index contributed by atoms with van der Waals surface area (Å²) in [6.07, 6.45) is 1.33. The van der Waals surface area contributed by atoms with E-state index in [2.05, 4.69) is 21.2 Å². The van der Waals surface area contributed by atoms with E-state index in [4.69, 9.17) is 25.8 Å². The molecule has 3 aromatic carbocycles. The van der Waals surface area contributed by atoms with Crippen LogP contribution in [0, 0.1) is 0 Å². The lowest BCUT2D eigenvalue weighted by Crippen LogP contribution is -2.32. The third-order valence-electron chi connectivity index (χ3n) is 4.59. The van der Waals surface area contributed by atoms with Crippen LogP contribution < -0.4 is 30.3 Å². The van der Waals surface area contributed by atoms with E-state index >= 15 is 0 Å². The standard InChI is InChI=1S/C25H23ClN4O6/c1-34-20-9-7-18(8-10-20)28-23(31)15-36-21-11-6-16(12-22(21)35-2)14-27-30-25(33)24(32)29-19-5-3-4-17(26)13-19/h3-14H,15H2,1-2H3,(H,28,31)(H,29,32)(H,30,33)/b27-14-. The van der Waals surface area contributed by atoms with Crippen molar-refractivity contribution in [3.8, 4) is 17.2 Å². The highest BCUT2D eigenvalue weighted by molar-refractivity contribution is 6.39. The van der Waals surface area contributed by atoms with E-state index in [1.807, 2.05) is 0 Å². The zero-order chi connectivity index (χ0) is 25.9. The van der Waals surface area contributed by atoms with Gasteiger partial charge < -0.3 is 24.8 Å². The molecule has 0 atom stereocenters. The van der Waals surface area contributed by atoms with Crippen LogP contribution in [0.4, 0.5) is 11.4 Å². The molecule has 3 N–H and O–H groups in total. The molecular formula is C25H23ClN4O6. The van der Waals surface area contributed by atoms with E-state index in [-0.39, 0.29) is 12.5 Å². The molecule has 0 radical (unpaired) electrons.